The predicted molar refractivity (Wildman–Crippen MR) is 87.7 cm³/mol. The number of hydrogen-bond acceptors (Lipinski definition) is 4. The number of benzene rings is 1. The van der Waals surface area contributed by atoms with Gasteiger partial charge in [-0.2, -0.15) is 4.31 Å². The van der Waals surface area contributed by atoms with Crippen molar-refractivity contribution in [2.24, 2.45) is 0 Å². The third-order valence-electron chi connectivity index (χ3n) is 3.74. The van der Waals surface area contributed by atoms with Crippen molar-refractivity contribution in [1.29, 1.82) is 0 Å². The highest BCUT2D eigenvalue weighted by molar-refractivity contribution is 7.89. The van der Waals surface area contributed by atoms with Crippen LogP contribution in [0.3, 0.4) is 0 Å². The van der Waals surface area contributed by atoms with Gasteiger partial charge in [-0.3, -0.25) is 9.59 Å². The minimum Gasteiger partial charge on any atom is -0.336 e. The summed E-state index contributed by atoms with van der Waals surface area (Å²) in [6.45, 7) is 4.45. The summed E-state index contributed by atoms with van der Waals surface area (Å²) in [5, 5.41) is 2.64. The van der Waals surface area contributed by atoms with E-state index in [0.29, 0.717) is 37.4 Å². The van der Waals surface area contributed by atoms with E-state index in [4.69, 9.17) is 0 Å². The molecule has 1 aliphatic rings. The summed E-state index contributed by atoms with van der Waals surface area (Å²) in [7, 11) is -3.20. The smallest absolute Gasteiger partial charge is 0.253 e. The number of rotatable bonds is 4. The Morgan fingerprint density at radius 3 is 2.13 bits per heavy atom. The lowest BCUT2D eigenvalue weighted by Crippen LogP contribution is -2.50. The summed E-state index contributed by atoms with van der Waals surface area (Å²) < 4.78 is 25.1. The van der Waals surface area contributed by atoms with Crippen LogP contribution in [0.25, 0.3) is 0 Å². The van der Waals surface area contributed by atoms with Gasteiger partial charge in [-0.1, -0.05) is 0 Å². The zero-order chi connectivity index (χ0) is 17.0. The molecule has 0 aromatic heterocycles. The number of nitrogens with zero attached hydrogens (tertiary/aromatic N) is 2. The Kier molecular flexibility index (Phi) is 5.38. The number of anilines is 1. The molecule has 1 aliphatic heterocycles. The second-order valence-electron chi connectivity index (χ2n) is 5.35. The fourth-order valence-electron chi connectivity index (χ4n) is 2.43. The number of carbonyl (C=O) groups is 2. The van der Waals surface area contributed by atoms with E-state index < -0.39 is 10.0 Å². The van der Waals surface area contributed by atoms with Gasteiger partial charge < -0.3 is 10.2 Å². The molecule has 1 N–H and O–H groups in total. The van der Waals surface area contributed by atoms with Gasteiger partial charge in [-0.15, -0.1) is 0 Å². The Balaban J connectivity index is 1.98. The fraction of sp³-hybridized carbons (Fsp3) is 0.467. The molecule has 2 amide bonds. The first-order valence-electron chi connectivity index (χ1n) is 7.48. The Bertz CT molecular complexity index is 677. The summed E-state index contributed by atoms with van der Waals surface area (Å²) in [6, 6.07) is 6.66. The number of sulfonamides is 1. The van der Waals surface area contributed by atoms with Crippen LogP contribution in [0, 0.1) is 0 Å². The first-order valence-corrected chi connectivity index (χ1v) is 9.09. The summed E-state index contributed by atoms with van der Waals surface area (Å²) in [5.41, 5.74) is 1.15. The van der Waals surface area contributed by atoms with Crippen LogP contribution >= 0.6 is 0 Å². The average molecular weight is 339 g/mol. The van der Waals surface area contributed by atoms with Crippen molar-refractivity contribution in [1.82, 2.24) is 9.21 Å². The Morgan fingerprint density at radius 2 is 1.65 bits per heavy atom. The van der Waals surface area contributed by atoms with E-state index in [1.54, 1.807) is 36.1 Å². The summed E-state index contributed by atoms with van der Waals surface area (Å²) in [5.74, 6) is -0.226. The lowest BCUT2D eigenvalue weighted by molar-refractivity contribution is -0.114. The second kappa shape index (κ2) is 7.10. The van der Waals surface area contributed by atoms with Gasteiger partial charge in [-0.05, 0) is 31.2 Å². The minimum atomic E-state index is -3.20. The molecule has 0 bridgehead atoms. The standard InChI is InChI=1S/C15H21N3O4S/c1-3-23(21,22)18-10-8-17(9-11-18)15(20)13-4-6-14(7-5-13)16-12(2)19/h4-7H,3,8-11H2,1-2H3,(H,16,19). The van der Waals surface area contributed by atoms with Crippen LogP contribution in [0.2, 0.25) is 0 Å². The summed E-state index contributed by atoms with van der Waals surface area (Å²) in [4.78, 5) is 25.1. The molecule has 7 nitrogen and oxygen atoms in total. The first kappa shape index (κ1) is 17.4. The van der Waals surface area contributed by atoms with E-state index in [-0.39, 0.29) is 17.6 Å². The number of nitrogens with one attached hydrogen (secondary N) is 1. The molecule has 0 unspecified atom stereocenters. The van der Waals surface area contributed by atoms with Crippen LogP contribution in [0.5, 0.6) is 0 Å². The Hall–Kier alpha value is -1.93. The van der Waals surface area contributed by atoms with Crippen molar-refractivity contribution >= 4 is 27.5 Å². The molecule has 126 valence electrons. The summed E-state index contributed by atoms with van der Waals surface area (Å²) in [6.07, 6.45) is 0. The van der Waals surface area contributed by atoms with Crippen LogP contribution in [0.4, 0.5) is 5.69 Å². The first-order chi connectivity index (χ1) is 10.8. The molecule has 8 heteroatoms. The van der Waals surface area contributed by atoms with Crippen LogP contribution < -0.4 is 5.32 Å². The van der Waals surface area contributed by atoms with E-state index >= 15 is 0 Å². The van der Waals surface area contributed by atoms with Crippen molar-refractivity contribution in [2.75, 3.05) is 37.2 Å². The van der Waals surface area contributed by atoms with E-state index in [0.717, 1.165) is 0 Å². The van der Waals surface area contributed by atoms with Gasteiger partial charge in [-0.25, -0.2) is 8.42 Å². The highest BCUT2D eigenvalue weighted by Crippen LogP contribution is 2.14. The highest BCUT2D eigenvalue weighted by Gasteiger charge is 2.27. The van der Waals surface area contributed by atoms with E-state index in [9.17, 15) is 18.0 Å². The van der Waals surface area contributed by atoms with Gasteiger partial charge in [0.2, 0.25) is 15.9 Å². The number of carbonyl (C=O) groups excluding carboxylic acids is 2. The number of hydrogen-bond donors (Lipinski definition) is 1. The zero-order valence-electron chi connectivity index (χ0n) is 13.3. The van der Waals surface area contributed by atoms with Gasteiger partial charge in [0.25, 0.3) is 5.91 Å². The molecule has 0 aliphatic carbocycles. The fourth-order valence-corrected chi connectivity index (χ4v) is 3.52. The van der Waals surface area contributed by atoms with Crippen molar-refractivity contribution in [2.45, 2.75) is 13.8 Å². The molecule has 1 aromatic carbocycles. The minimum absolute atomic E-state index is 0.0750. The maximum Gasteiger partial charge on any atom is 0.253 e. The van der Waals surface area contributed by atoms with Crippen LogP contribution in [-0.4, -0.2) is 61.4 Å². The lowest BCUT2D eigenvalue weighted by atomic mass is 10.1. The number of piperazine rings is 1. The lowest BCUT2D eigenvalue weighted by Gasteiger charge is -2.33. The summed E-state index contributed by atoms with van der Waals surface area (Å²) >= 11 is 0. The maximum atomic E-state index is 12.4. The monoisotopic (exact) mass is 339 g/mol. The third kappa shape index (κ3) is 4.29. The predicted octanol–water partition coefficient (Wildman–Crippen LogP) is 0.752. The Morgan fingerprint density at radius 1 is 1.09 bits per heavy atom. The van der Waals surface area contributed by atoms with Crippen molar-refractivity contribution in [3.63, 3.8) is 0 Å². The quantitative estimate of drug-likeness (QED) is 0.877. The molecule has 1 aromatic rings. The normalized spacial score (nSPS) is 16.2. The van der Waals surface area contributed by atoms with Crippen LogP contribution in [-0.2, 0) is 14.8 Å². The highest BCUT2D eigenvalue weighted by atomic mass is 32.2. The van der Waals surface area contributed by atoms with Gasteiger partial charge >= 0.3 is 0 Å². The molecule has 23 heavy (non-hydrogen) atoms. The molecule has 0 spiro atoms. The molecule has 1 fully saturated rings. The third-order valence-corrected chi connectivity index (χ3v) is 5.62. The van der Waals surface area contributed by atoms with Gasteiger partial charge in [0.15, 0.2) is 0 Å². The second-order valence-corrected chi connectivity index (χ2v) is 7.61. The largest absolute Gasteiger partial charge is 0.336 e. The van der Waals surface area contributed by atoms with Crippen LogP contribution in [0.15, 0.2) is 24.3 Å². The molecule has 0 atom stereocenters. The van der Waals surface area contributed by atoms with Crippen molar-refractivity contribution in [3.05, 3.63) is 29.8 Å². The average Bonchev–Trinajstić information content (AvgIpc) is 2.54. The molecule has 0 radical (unpaired) electrons. The number of amides is 2. The topological polar surface area (TPSA) is 86.8 Å². The maximum absolute atomic E-state index is 12.4. The van der Waals surface area contributed by atoms with Crippen molar-refractivity contribution in [3.8, 4) is 0 Å². The van der Waals surface area contributed by atoms with Gasteiger partial charge in [0.05, 0.1) is 5.75 Å². The molecule has 1 saturated heterocycles. The molecule has 0 saturated carbocycles. The van der Waals surface area contributed by atoms with Crippen molar-refractivity contribution < 1.29 is 18.0 Å². The molecule has 2 rings (SSSR count). The molecular weight excluding hydrogens is 318 g/mol. The zero-order valence-corrected chi connectivity index (χ0v) is 14.1. The SMILES string of the molecule is CCS(=O)(=O)N1CCN(C(=O)c2ccc(NC(C)=O)cc2)CC1. The Labute approximate surface area is 136 Å². The molecule has 1 heterocycles. The van der Waals surface area contributed by atoms with E-state index in [1.165, 1.54) is 11.2 Å². The van der Waals surface area contributed by atoms with E-state index in [2.05, 4.69) is 5.32 Å². The molecular formula is C15H21N3O4S. The van der Waals surface area contributed by atoms with Gasteiger partial charge in [0.1, 0.15) is 0 Å². The van der Waals surface area contributed by atoms with Crippen LogP contribution in [0.1, 0.15) is 24.2 Å². The van der Waals surface area contributed by atoms with Gasteiger partial charge in [0, 0.05) is 44.4 Å². The van der Waals surface area contributed by atoms with E-state index in [1.807, 2.05) is 0 Å².